The number of aliphatic imine (C=N–C) groups is 1. The number of ether oxygens (including phenoxy) is 1. The molecular weight excluding hydrogens is 550 g/mol. The maximum atomic E-state index is 14.0. The molecule has 224 valence electrons. The Morgan fingerprint density at radius 1 is 1.11 bits per heavy atom. The maximum absolute atomic E-state index is 14.0. The number of aromatic nitrogens is 5. The van der Waals surface area contributed by atoms with Crippen molar-refractivity contribution in [3.8, 4) is 17.3 Å². The summed E-state index contributed by atoms with van der Waals surface area (Å²) in [5, 5.41) is 5.78. The minimum atomic E-state index is 0.112. The van der Waals surface area contributed by atoms with Crippen LogP contribution in [0.15, 0.2) is 59.9 Å². The lowest BCUT2D eigenvalue weighted by Gasteiger charge is -2.52. The molecule has 2 aromatic carbocycles. The Bertz CT molecular complexity index is 1960. The number of methoxy groups -OCH3 is 1. The van der Waals surface area contributed by atoms with Crippen molar-refractivity contribution >= 4 is 34.1 Å². The number of fused-ring (bicyclic) bond motifs is 2. The molecule has 3 aromatic heterocycles. The van der Waals surface area contributed by atoms with E-state index in [2.05, 4.69) is 60.7 Å². The normalized spacial score (nSPS) is 23.8. The summed E-state index contributed by atoms with van der Waals surface area (Å²) in [4.78, 5) is 25.5. The fourth-order valence-corrected chi connectivity index (χ4v) is 8.31. The highest BCUT2D eigenvalue weighted by atomic mass is 16.5. The first-order valence-electron chi connectivity index (χ1n) is 16.0. The van der Waals surface area contributed by atoms with E-state index in [0.717, 1.165) is 59.5 Å². The van der Waals surface area contributed by atoms with Gasteiger partial charge in [0.15, 0.2) is 5.82 Å². The number of nitrogens with zero attached hydrogens (tertiary/aromatic N) is 7. The first kappa shape index (κ1) is 26.0. The standard InChI is InChI=1S/C35H37N7O2/c1-36-9-10-39-17-22(16-37-39)19-42-33-27(38-34(42)30-13-23-5-3-4-6-28(23)40(30)18-21-7-8-21)12-25(15-31(33)44-2)35(43)41-20-26-11-24-14-29(41)32(24)26/h3-6,9,12-13,15-17,21,24,26,29,32H,7-8,10-11,14,18-20H2,1-2H3/b36-9+/t24?,26?,29?,32-/m1/s1. The highest BCUT2D eigenvalue weighted by molar-refractivity contribution is 6.00. The van der Waals surface area contributed by atoms with Crippen LogP contribution in [0.25, 0.3) is 33.5 Å². The van der Waals surface area contributed by atoms with Gasteiger partial charge >= 0.3 is 0 Å². The zero-order valence-electron chi connectivity index (χ0n) is 25.3. The number of hydrogen-bond acceptors (Lipinski definition) is 5. The maximum Gasteiger partial charge on any atom is 0.254 e. The molecule has 4 atom stereocenters. The molecule has 4 aliphatic rings. The molecular formula is C35H37N7O2. The van der Waals surface area contributed by atoms with Gasteiger partial charge in [0, 0.05) is 60.6 Å². The van der Waals surface area contributed by atoms with Crippen LogP contribution in [-0.4, -0.2) is 67.7 Å². The minimum Gasteiger partial charge on any atom is -0.494 e. The van der Waals surface area contributed by atoms with Crippen LogP contribution >= 0.6 is 0 Å². The Labute approximate surface area is 256 Å². The average molecular weight is 588 g/mol. The molecule has 1 amide bonds. The zero-order chi connectivity index (χ0) is 29.5. The molecule has 1 saturated heterocycles. The topological polar surface area (TPSA) is 82.5 Å². The van der Waals surface area contributed by atoms with Crippen LogP contribution in [0.5, 0.6) is 5.75 Å². The SMILES string of the molecule is C/N=C/Cn1cc(Cn2c(-c3cc4ccccc4n3CC3CC3)nc3cc(C(=O)N4CC5CC6CC4[C@H]65)cc(OC)c32)cn1. The molecule has 9 heteroatoms. The summed E-state index contributed by atoms with van der Waals surface area (Å²) in [6.07, 6.45) is 10.8. The Balaban J connectivity index is 1.19. The van der Waals surface area contributed by atoms with E-state index in [-0.39, 0.29) is 5.91 Å². The van der Waals surface area contributed by atoms with Crippen molar-refractivity contribution in [1.82, 2.24) is 28.8 Å². The Morgan fingerprint density at radius 2 is 2.00 bits per heavy atom. The molecule has 0 N–H and O–H groups in total. The van der Waals surface area contributed by atoms with Crippen LogP contribution in [0.1, 0.15) is 41.6 Å². The van der Waals surface area contributed by atoms with Gasteiger partial charge in [0.25, 0.3) is 5.91 Å². The van der Waals surface area contributed by atoms with E-state index < -0.39 is 0 Å². The van der Waals surface area contributed by atoms with E-state index in [4.69, 9.17) is 9.72 Å². The molecule has 0 spiro atoms. The van der Waals surface area contributed by atoms with Gasteiger partial charge in [0.05, 0.1) is 37.6 Å². The molecule has 3 saturated carbocycles. The van der Waals surface area contributed by atoms with Gasteiger partial charge in [-0.15, -0.1) is 0 Å². The summed E-state index contributed by atoms with van der Waals surface area (Å²) in [5.41, 5.74) is 5.73. The molecule has 44 heavy (non-hydrogen) atoms. The molecule has 5 aromatic rings. The molecule has 9 nitrogen and oxygen atoms in total. The van der Waals surface area contributed by atoms with Gasteiger partial charge < -0.3 is 18.8 Å². The third-order valence-electron chi connectivity index (χ3n) is 10.7. The predicted molar refractivity (Wildman–Crippen MR) is 170 cm³/mol. The van der Waals surface area contributed by atoms with Crippen molar-refractivity contribution < 1.29 is 9.53 Å². The van der Waals surface area contributed by atoms with Crippen LogP contribution in [0.3, 0.4) is 0 Å². The van der Waals surface area contributed by atoms with Crippen LogP contribution in [-0.2, 0) is 19.6 Å². The Morgan fingerprint density at radius 3 is 2.80 bits per heavy atom. The van der Waals surface area contributed by atoms with Crippen molar-refractivity contribution in [2.24, 2.45) is 28.7 Å². The first-order valence-corrected chi connectivity index (χ1v) is 16.0. The van der Waals surface area contributed by atoms with Crippen LogP contribution in [0.2, 0.25) is 0 Å². The van der Waals surface area contributed by atoms with Gasteiger partial charge in [-0.2, -0.15) is 5.10 Å². The van der Waals surface area contributed by atoms with Gasteiger partial charge in [-0.3, -0.25) is 14.5 Å². The highest BCUT2D eigenvalue weighted by Gasteiger charge is 2.61. The largest absolute Gasteiger partial charge is 0.494 e. The number of imidazole rings is 1. The second kappa shape index (κ2) is 9.81. The molecule has 3 unspecified atom stereocenters. The van der Waals surface area contributed by atoms with Gasteiger partial charge in [-0.1, -0.05) is 18.2 Å². The number of benzene rings is 2. The van der Waals surface area contributed by atoms with Gasteiger partial charge in [-0.05, 0) is 73.6 Å². The fraction of sp³-hybridized carbons (Fsp3) is 0.429. The van der Waals surface area contributed by atoms with E-state index in [1.807, 2.05) is 29.2 Å². The van der Waals surface area contributed by atoms with Crippen molar-refractivity contribution in [3.63, 3.8) is 0 Å². The van der Waals surface area contributed by atoms with Crippen molar-refractivity contribution in [1.29, 1.82) is 0 Å². The van der Waals surface area contributed by atoms with Gasteiger partial charge in [0.2, 0.25) is 0 Å². The second-order valence-electron chi connectivity index (χ2n) is 13.3. The lowest BCUT2D eigenvalue weighted by molar-refractivity contribution is -0.0204. The molecule has 9 rings (SSSR count). The summed E-state index contributed by atoms with van der Waals surface area (Å²) >= 11 is 0. The Kier molecular flexibility index (Phi) is 5.80. The summed E-state index contributed by atoms with van der Waals surface area (Å²) in [5.74, 6) is 4.63. The van der Waals surface area contributed by atoms with Crippen molar-refractivity contribution in [3.05, 3.63) is 66.0 Å². The molecule has 0 bridgehead atoms. The second-order valence-corrected chi connectivity index (χ2v) is 13.3. The number of hydrogen-bond donors (Lipinski definition) is 0. The van der Waals surface area contributed by atoms with Crippen LogP contribution < -0.4 is 4.74 Å². The minimum absolute atomic E-state index is 0.112. The lowest BCUT2D eigenvalue weighted by Crippen LogP contribution is -2.53. The van der Waals surface area contributed by atoms with Gasteiger partial charge in [-0.25, -0.2) is 4.98 Å². The zero-order valence-corrected chi connectivity index (χ0v) is 25.3. The summed E-state index contributed by atoms with van der Waals surface area (Å²) < 4.78 is 12.6. The number of carbonyl (C=O) groups excluding carboxylic acids is 1. The number of amides is 1. The number of rotatable bonds is 9. The first-order chi connectivity index (χ1) is 21.6. The monoisotopic (exact) mass is 587 g/mol. The van der Waals surface area contributed by atoms with Crippen LogP contribution in [0.4, 0.5) is 0 Å². The number of para-hydroxylation sites is 1. The number of carbonyl (C=O) groups is 1. The summed E-state index contributed by atoms with van der Waals surface area (Å²) in [7, 11) is 3.47. The lowest BCUT2D eigenvalue weighted by atomic mass is 9.53. The molecule has 4 fully saturated rings. The van der Waals surface area contributed by atoms with E-state index in [9.17, 15) is 4.79 Å². The smallest absolute Gasteiger partial charge is 0.254 e. The average Bonchev–Trinajstić information content (AvgIpc) is 3.45. The van der Waals surface area contributed by atoms with Crippen molar-refractivity contribution in [2.45, 2.75) is 51.4 Å². The highest BCUT2D eigenvalue weighted by Crippen LogP contribution is 2.60. The molecule has 3 aliphatic carbocycles. The predicted octanol–water partition coefficient (Wildman–Crippen LogP) is 5.50. The molecule has 1 aliphatic heterocycles. The fourth-order valence-electron chi connectivity index (χ4n) is 8.31. The number of likely N-dealkylation sites (tertiary alicyclic amines) is 1. The van der Waals surface area contributed by atoms with Crippen molar-refractivity contribution in [2.75, 3.05) is 20.7 Å². The Hall–Kier alpha value is -4.40. The molecule has 0 radical (unpaired) electrons. The van der Waals surface area contributed by atoms with E-state index in [1.165, 1.54) is 30.2 Å². The quantitative estimate of drug-likeness (QED) is 0.213. The van der Waals surface area contributed by atoms with E-state index in [0.29, 0.717) is 42.3 Å². The third kappa shape index (κ3) is 3.97. The summed E-state index contributed by atoms with van der Waals surface area (Å²) in [6, 6.07) is 15.2. The van der Waals surface area contributed by atoms with Crippen LogP contribution in [0, 0.1) is 23.7 Å². The summed E-state index contributed by atoms with van der Waals surface area (Å²) in [6.45, 7) is 3.06. The van der Waals surface area contributed by atoms with E-state index in [1.54, 1.807) is 14.2 Å². The van der Waals surface area contributed by atoms with Gasteiger partial charge in [0.1, 0.15) is 11.3 Å². The molecule has 4 heterocycles. The third-order valence-corrected chi connectivity index (χ3v) is 10.7. The van der Waals surface area contributed by atoms with E-state index >= 15 is 0 Å².